The molecular formula is C10H15F3N2O. The molecule has 1 heterocycles. The Morgan fingerprint density at radius 1 is 1.50 bits per heavy atom. The molecule has 1 atom stereocenters. The lowest BCUT2D eigenvalue weighted by Crippen LogP contribution is -2.33. The second kappa shape index (κ2) is 5.36. The first-order valence-corrected chi connectivity index (χ1v) is 4.94. The van der Waals surface area contributed by atoms with Crippen molar-refractivity contribution in [2.24, 2.45) is 5.73 Å². The number of halogens is 3. The molecule has 3 nitrogen and oxygen atoms in total. The van der Waals surface area contributed by atoms with Crippen molar-refractivity contribution in [1.29, 1.82) is 0 Å². The highest BCUT2D eigenvalue weighted by molar-refractivity contribution is 5.05. The SMILES string of the molecule is CN(CCC(F)(F)F)C(CN)c1ccco1. The van der Waals surface area contributed by atoms with E-state index in [2.05, 4.69) is 0 Å². The molecule has 0 radical (unpaired) electrons. The van der Waals surface area contributed by atoms with E-state index in [1.54, 1.807) is 24.1 Å². The first kappa shape index (κ1) is 13.1. The number of nitrogens with two attached hydrogens (primary N) is 1. The molecule has 0 aromatic carbocycles. The molecule has 0 amide bonds. The molecule has 2 N–H and O–H groups in total. The summed E-state index contributed by atoms with van der Waals surface area (Å²) in [6.07, 6.45) is -3.51. The van der Waals surface area contributed by atoms with Gasteiger partial charge in [-0.15, -0.1) is 0 Å². The average molecular weight is 236 g/mol. The van der Waals surface area contributed by atoms with Crippen LogP contribution in [0.4, 0.5) is 13.2 Å². The molecule has 92 valence electrons. The molecule has 0 aliphatic rings. The molecule has 1 aromatic rings. The van der Waals surface area contributed by atoms with Crippen molar-refractivity contribution >= 4 is 0 Å². The van der Waals surface area contributed by atoms with Crippen molar-refractivity contribution in [3.05, 3.63) is 24.2 Å². The first-order valence-electron chi connectivity index (χ1n) is 4.94. The summed E-state index contributed by atoms with van der Waals surface area (Å²) in [5, 5.41) is 0. The summed E-state index contributed by atoms with van der Waals surface area (Å²) in [6, 6.07) is 3.09. The fraction of sp³-hybridized carbons (Fsp3) is 0.600. The zero-order chi connectivity index (χ0) is 12.2. The van der Waals surface area contributed by atoms with Crippen molar-refractivity contribution in [2.45, 2.75) is 18.6 Å². The van der Waals surface area contributed by atoms with Crippen LogP contribution in [0.2, 0.25) is 0 Å². The molecular weight excluding hydrogens is 221 g/mol. The van der Waals surface area contributed by atoms with Crippen LogP contribution in [0.15, 0.2) is 22.8 Å². The van der Waals surface area contributed by atoms with Gasteiger partial charge in [-0.1, -0.05) is 0 Å². The summed E-state index contributed by atoms with van der Waals surface area (Å²) in [5.41, 5.74) is 5.52. The van der Waals surface area contributed by atoms with Crippen LogP contribution in [-0.4, -0.2) is 31.2 Å². The van der Waals surface area contributed by atoms with Crippen LogP contribution < -0.4 is 5.73 Å². The zero-order valence-electron chi connectivity index (χ0n) is 9.00. The highest BCUT2D eigenvalue weighted by Crippen LogP contribution is 2.23. The van der Waals surface area contributed by atoms with Gasteiger partial charge in [0, 0.05) is 13.1 Å². The van der Waals surface area contributed by atoms with Gasteiger partial charge in [0.15, 0.2) is 0 Å². The maximum absolute atomic E-state index is 12.0. The molecule has 0 saturated heterocycles. The summed E-state index contributed by atoms with van der Waals surface area (Å²) in [5.74, 6) is 0.590. The Bertz CT molecular complexity index is 298. The smallest absolute Gasteiger partial charge is 0.390 e. The summed E-state index contributed by atoms with van der Waals surface area (Å²) in [7, 11) is 1.60. The van der Waals surface area contributed by atoms with Gasteiger partial charge in [0.05, 0.1) is 18.7 Å². The number of alkyl halides is 3. The number of likely N-dealkylation sites (N-methyl/N-ethyl adjacent to an activating group) is 1. The van der Waals surface area contributed by atoms with Crippen molar-refractivity contribution in [1.82, 2.24) is 4.90 Å². The molecule has 1 aromatic heterocycles. The minimum Gasteiger partial charge on any atom is -0.468 e. The predicted molar refractivity (Wildman–Crippen MR) is 53.8 cm³/mol. The van der Waals surface area contributed by atoms with E-state index >= 15 is 0 Å². The summed E-state index contributed by atoms with van der Waals surface area (Å²) in [6.45, 7) is 0.133. The maximum atomic E-state index is 12.0. The third kappa shape index (κ3) is 3.86. The Labute approximate surface area is 92.0 Å². The van der Waals surface area contributed by atoms with Crippen LogP contribution in [0.1, 0.15) is 18.2 Å². The van der Waals surface area contributed by atoms with Crippen LogP contribution in [0.25, 0.3) is 0 Å². The van der Waals surface area contributed by atoms with Gasteiger partial charge in [0.1, 0.15) is 5.76 Å². The van der Waals surface area contributed by atoms with Crippen LogP contribution in [0.5, 0.6) is 0 Å². The van der Waals surface area contributed by atoms with E-state index in [1.165, 1.54) is 6.26 Å². The molecule has 6 heteroatoms. The second-order valence-electron chi connectivity index (χ2n) is 3.61. The molecule has 1 rings (SSSR count). The fourth-order valence-corrected chi connectivity index (χ4v) is 1.45. The number of nitrogens with zero attached hydrogens (tertiary/aromatic N) is 1. The van der Waals surface area contributed by atoms with E-state index in [-0.39, 0.29) is 19.1 Å². The largest absolute Gasteiger partial charge is 0.468 e. The molecule has 0 fully saturated rings. The minimum atomic E-state index is -4.14. The summed E-state index contributed by atoms with van der Waals surface area (Å²) in [4.78, 5) is 1.55. The van der Waals surface area contributed by atoms with Crippen LogP contribution >= 0.6 is 0 Å². The van der Waals surface area contributed by atoms with Crippen molar-refractivity contribution in [2.75, 3.05) is 20.1 Å². The Kier molecular flexibility index (Phi) is 4.37. The highest BCUT2D eigenvalue weighted by atomic mass is 19.4. The fourth-order valence-electron chi connectivity index (χ4n) is 1.45. The van der Waals surface area contributed by atoms with Gasteiger partial charge in [-0.25, -0.2) is 0 Å². The first-order chi connectivity index (χ1) is 7.44. The summed E-state index contributed by atoms with van der Waals surface area (Å²) >= 11 is 0. The number of furan rings is 1. The van der Waals surface area contributed by atoms with Crippen molar-refractivity contribution in [3.8, 4) is 0 Å². The quantitative estimate of drug-likeness (QED) is 0.851. The molecule has 0 aliphatic heterocycles. The van der Waals surface area contributed by atoms with Crippen LogP contribution in [0, 0.1) is 0 Å². The number of hydrogen-bond donors (Lipinski definition) is 1. The van der Waals surface area contributed by atoms with E-state index in [0.29, 0.717) is 5.76 Å². The van der Waals surface area contributed by atoms with Crippen LogP contribution in [-0.2, 0) is 0 Å². The Morgan fingerprint density at radius 3 is 2.62 bits per heavy atom. The predicted octanol–water partition coefficient (Wildman–Crippen LogP) is 2.16. The molecule has 0 bridgehead atoms. The Hall–Kier alpha value is -1.01. The maximum Gasteiger partial charge on any atom is 0.390 e. The van der Waals surface area contributed by atoms with Crippen LogP contribution in [0.3, 0.4) is 0 Å². The van der Waals surface area contributed by atoms with E-state index in [1.807, 2.05) is 0 Å². The van der Waals surface area contributed by atoms with E-state index in [4.69, 9.17) is 10.2 Å². The van der Waals surface area contributed by atoms with Gasteiger partial charge in [-0.2, -0.15) is 13.2 Å². The van der Waals surface area contributed by atoms with E-state index in [9.17, 15) is 13.2 Å². The summed E-state index contributed by atoms with van der Waals surface area (Å²) < 4.78 is 41.3. The van der Waals surface area contributed by atoms with Gasteiger partial charge in [-0.3, -0.25) is 4.90 Å². The standard InChI is InChI=1S/C10H15F3N2O/c1-15(5-4-10(11,12)13)8(7-14)9-3-2-6-16-9/h2-3,6,8H,4-5,7,14H2,1H3. The third-order valence-electron chi connectivity index (χ3n) is 2.37. The van der Waals surface area contributed by atoms with E-state index < -0.39 is 12.6 Å². The molecule has 16 heavy (non-hydrogen) atoms. The molecule has 0 aliphatic carbocycles. The van der Waals surface area contributed by atoms with Crippen molar-refractivity contribution in [3.63, 3.8) is 0 Å². The lowest BCUT2D eigenvalue weighted by molar-refractivity contribution is -0.138. The lowest BCUT2D eigenvalue weighted by Gasteiger charge is -2.25. The van der Waals surface area contributed by atoms with Gasteiger partial charge < -0.3 is 10.2 Å². The topological polar surface area (TPSA) is 42.4 Å². The highest BCUT2D eigenvalue weighted by Gasteiger charge is 2.29. The Balaban J connectivity index is 2.54. The molecule has 0 spiro atoms. The average Bonchev–Trinajstić information content (AvgIpc) is 2.68. The normalized spacial score (nSPS) is 14.4. The minimum absolute atomic E-state index is 0.0912. The number of hydrogen-bond acceptors (Lipinski definition) is 3. The number of rotatable bonds is 5. The molecule has 0 saturated carbocycles. The van der Waals surface area contributed by atoms with Gasteiger partial charge in [0.25, 0.3) is 0 Å². The zero-order valence-corrected chi connectivity index (χ0v) is 9.00. The van der Waals surface area contributed by atoms with E-state index in [0.717, 1.165) is 0 Å². The Morgan fingerprint density at radius 2 is 2.19 bits per heavy atom. The van der Waals surface area contributed by atoms with Gasteiger partial charge in [-0.05, 0) is 19.2 Å². The lowest BCUT2D eigenvalue weighted by atomic mass is 10.2. The van der Waals surface area contributed by atoms with Gasteiger partial charge in [0.2, 0.25) is 0 Å². The second-order valence-corrected chi connectivity index (χ2v) is 3.61. The van der Waals surface area contributed by atoms with Crippen molar-refractivity contribution < 1.29 is 17.6 Å². The third-order valence-corrected chi connectivity index (χ3v) is 2.37. The monoisotopic (exact) mass is 236 g/mol. The molecule has 1 unspecified atom stereocenters. The van der Waals surface area contributed by atoms with Gasteiger partial charge >= 0.3 is 6.18 Å².